The molecular weight excluding hydrogens is 238 g/mol. The number of halogens is 1. The number of aryl methyl sites for hydroxylation is 1. The second kappa shape index (κ2) is 6.50. The summed E-state index contributed by atoms with van der Waals surface area (Å²) in [6.07, 6.45) is 1.22. The van der Waals surface area contributed by atoms with Crippen molar-refractivity contribution >= 4 is 17.5 Å². The zero-order valence-electron chi connectivity index (χ0n) is 10.5. The summed E-state index contributed by atoms with van der Waals surface area (Å²) in [5.41, 5.74) is 2.03. The summed E-state index contributed by atoms with van der Waals surface area (Å²) in [6, 6.07) is 3.75. The van der Waals surface area contributed by atoms with Gasteiger partial charge in [-0.1, -0.05) is 18.5 Å². The van der Waals surface area contributed by atoms with Gasteiger partial charge in [0.25, 0.3) is 0 Å². The van der Waals surface area contributed by atoms with Crippen molar-refractivity contribution in [2.45, 2.75) is 26.7 Å². The van der Waals surface area contributed by atoms with E-state index in [0.717, 1.165) is 23.3 Å². The van der Waals surface area contributed by atoms with Crippen LogP contribution in [0.25, 0.3) is 0 Å². The number of amides is 1. The Hall–Kier alpha value is -1.22. The lowest BCUT2D eigenvalue weighted by molar-refractivity contribution is -0.120. The first-order valence-corrected chi connectivity index (χ1v) is 6.06. The van der Waals surface area contributed by atoms with Crippen molar-refractivity contribution in [1.82, 2.24) is 5.32 Å². The Morgan fingerprint density at radius 2 is 2.18 bits per heavy atom. The van der Waals surface area contributed by atoms with E-state index in [1.54, 1.807) is 7.11 Å². The van der Waals surface area contributed by atoms with Crippen molar-refractivity contribution in [2.24, 2.45) is 0 Å². The van der Waals surface area contributed by atoms with Crippen LogP contribution >= 0.6 is 11.6 Å². The number of ether oxygens (including phenoxy) is 1. The predicted octanol–water partition coefficient (Wildman–Crippen LogP) is 2.73. The Balaban J connectivity index is 2.72. The number of hydrogen-bond donors (Lipinski definition) is 1. The van der Waals surface area contributed by atoms with Gasteiger partial charge in [-0.15, -0.1) is 0 Å². The van der Waals surface area contributed by atoms with Crippen molar-refractivity contribution in [3.8, 4) is 5.75 Å². The third-order valence-corrected chi connectivity index (χ3v) is 2.78. The SMILES string of the molecule is CCC(=O)NCCc1cc(Cl)cc(C)c1OC. The highest BCUT2D eigenvalue weighted by atomic mass is 35.5. The van der Waals surface area contributed by atoms with E-state index < -0.39 is 0 Å². The van der Waals surface area contributed by atoms with Gasteiger partial charge in [-0.2, -0.15) is 0 Å². The first-order valence-electron chi connectivity index (χ1n) is 5.68. The molecule has 0 aliphatic carbocycles. The lowest BCUT2D eigenvalue weighted by atomic mass is 10.1. The lowest BCUT2D eigenvalue weighted by Crippen LogP contribution is -2.24. The van der Waals surface area contributed by atoms with Crippen molar-refractivity contribution < 1.29 is 9.53 Å². The molecule has 0 aliphatic heterocycles. The minimum absolute atomic E-state index is 0.0581. The predicted molar refractivity (Wildman–Crippen MR) is 69.7 cm³/mol. The highest BCUT2D eigenvalue weighted by Gasteiger charge is 2.08. The molecule has 1 rings (SSSR count). The summed E-state index contributed by atoms with van der Waals surface area (Å²) in [6.45, 7) is 4.39. The number of methoxy groups -OCH3 is 1. The molecule has 0 saturated heterocycles. The first kappa shape index (κ1) is 13.8. The molecule has 0 aromatic heterocycles. The third-order valence-electron chi connectivity index (χ3n) is 2.56. The fraction of sp³-hybridized carbons (Fsp3) is 0.462. The summed E-state index contributed by atoms with van der Waals surface area (Å²) in [5.74, 6) is 0.905. The van der Waals surface area contributed by atoms with E-state index >= 15 is 0 Å². The van der Waals surface area contributed by atoms with Crippen LogP contribution in [0.2, 0.25) is 5.02 Å². The quantitative estimate of drug-likeness (QED) is 0.879. The van der Waals surface area contributed by atoms with Gasteiger partial charge < -0.3 is 10.1 Å². The van der Waals surface area contributed by atoms with E-state index in [1.165, 1.54) is 0 Å². The van der Waals surface area contributed by atoms with Crippen molar-refractivity contribution in [3.63, 3.8) is 0 Å². The molecule has 0 bridgehead atoms. The summed E-state index contributed by atoms with van der Waals surface area (Å²) in [4.78, 5) is 11.1. The summed E-state index contributed by atoms with van der Waals surface area (Å²) in [7, 11) is 1.64. The van der Waals surface area contributed by atoms with Crippen molar-refractivity contribution in [3.05, 3.63) is 28.3 Å². The molecule has 0 atom stereocenters. The van der Waals surface area contributed by atoms with Gasteiger partial charge in [0, 0.05) is 18.0 Å². The van der Waals surface area contributed by atoms with Gasteiger partial charge in [0.2, 0.25) is 5.91 Å². The molecule has 0 fully saturated rings. The van der Waals surface area contributed by atoms with Crippen LogP contribution in [0.3, 0.4) is 0 Å². The van der Waals surface area contributed by atoms with Crippen LogP contribution in [0.4, 0.5) is 0 Å². The zero-order chi connectivity index (χ0) is 12.8. The van der Waals surface area contributed by atoms with Gasteiger partial charge in [-0.3, -0.25) is 4.79 Å². The molecule has 0 unspecified atom stereocenters. The highest BCUT2D eigenvalue weighted by Crippen LogP contribution is 2.27. The Morgan fingerprint density at radius 1 is 1.47 bits per heavy atom. The second-order valence-electron chi connectivity index (χ2n) is 3.87. The van der Waals surface area contributed by atoms with Crippen LogP contribution in [-0.4, -0.2) is 19.6 Å². The summed E-state index contributed by atoms with van der Waals surface area (Å²) in [5, 5.41) is 3.53. The third kappa shape index (κ3) is 3.93. The van der Waals surface area contributed by atoms with E-state index in [4.69, 9.17) is 16.3 Å². The Morgan fingerprint density at radius 3 is 2.76 bits per heavy atom. The van der Waals surface area contributed by atoms with Gasteiger partial charge in [0.1, 0.15) is 5.75 Å². The zero-order valence-corrected chi connectivity index (χ0v) is 11.2. The fourth-order valence-electron chi connectivity index (χ4n) is 1.74. The molecule has 1 aromatic carbocycles. The van der Waals surface area contributed by atoms with Crippen LogP contribution < -0.4 is 10.1 Å². The van der Waals surface area contributed by atoms with E-state index in [1.807, 2.05) is 26.0 Å². The molecule has 3 nitrogen and oxygen atoms in total. The van der Waals surface area contributed by atoms with E-state index in [-0.39, 0.29) is 5.91 Å². The lowest BCUT2D eigenvalue weighted by Gasteiger charge is -2.12. The van der Waals surface area contributed by atoms with E-state index in [0.29, 0.717) is 18.0 Å². The fourth-order valence-corrected chi connectivity index (χ4v) is 2.03. The Labute approximate surface area is 107 Å². The number of carbonyl (C=O) groups excluding carboxylic acids is 1. The molecule has 94 valence electrons. The van der Waals surface area contributed by atoms with Crippen LogP contribution in [0.5, 0.6) is 5.75 Å². The number of nitrogens with one attached hydrogen (secondary N) is 1. The standard InChI is InChI=1S/C13H18ClNO2/c1-4-12(16)15-6-5-10-8-11(14)7-9(2)13(10)17-3/h7-8H,4-6H2,1-3H3,(H,15,16). The monoisotopic (exact) mass is 255 g/mol. The van der Waals surface area contributed by atoms with Crippen molar-refractivity contribution in [2.75, 3.05) is 13.7 Å². The average Bonchev–Trinajstić information content (AvgIpc) is 2.28. The van der Waals surface area contributed by atoms with Gasteiger partial charge in [-0.05, 0) is 36.6 Å². The second-order valence-corrected chi connectivity index (χ2v) is 4.31. The normalized spacial score (nSPS) is 10.1. The molecule has 0 aliphatic rings. The minimum Gasteiger partial charge on any atom is -0.496 e. The minimum atomic E-state index is 0.0581. The molecule has 1 aromatic rings. The first-order chi connectivity index (χ1) is 8.08. The highest BCUT2D eigenvalue weighted by molar-refractivity contribution is 6.30. The maximum Gasteiger partial charge on any atom is 0.219 e. The molecular formula is C13H18ClNO2. The van der Waals surface area contributed by atoms with E-state index in [2.05, 4.69) is 5.32 Å². The molecule has 1 N–H and O–H groups in total. The number of benzene rings is 1. The molecule has 1 amide bonds. The molecule has 0 saturated carbocycles. The van der Waals surface area contributed by atoms with Crippen molar-refractivity contribution in [1.29, 1.82) is 0 Å². The van der Waals surface area contributed by atoms with Crippen LogP contribution in [0.15, 0.2) is 12.1 Å². The summed E-state index contributed by atoms with van der Waals surface area (Å²) >= 11 is 6.00. The number of carbonyl (C=O) groups is 1. The largest absolute Gasteiger partial charge is 0.496 e. The molecule has 4 heteroatoms. The number of rotatable bonds is 5. The van der Waals surface area contributed by atoms with Crippen LogP contribution in [0.1, 0.15) is 24.5 Å². The maximum absolute atomic E-state index is 11.1. The van der Waals surface area contributed by atoms with E-state index in [9.17, 15) is 4.79 Å². The number of hydrogen-bond acceptors (Lipinski definition) is 2. The van der Waals surface area contributed by atoms with Gasteiger partial charge >= 0.3 is 0 Å². The average molecular weight is 256 g/mol. The summed E-state index contributed by atoms with van der Waals surface area (Å²) < 4.78 is 5.34. The van der Waals surface area contributed by atoms with Gasteiger partial charge in [-0.25, -0.2) is 0 Å². The molecule has 17 heavy (non-hydrogen) atoms. The van der Waals surface area contributed by atoms with Gasteiger partial charge in [0.15, 0.2) is 0 Å². The molecule has 0 heterocycles. The van der Waals surface area contributed by atoms with Crippen LogP contribution in [-0.2, 0) is 11.2 Å². The maximum atomic E-state index is 11.1. The molecule has 0 radical (unpaired) electrons. The smallest absolute Gasteiger partial charge is 0.219 e. The Kier molecular flexibility index (Phi) is 5.29. The Bertz CT molecular complexity index is 405. The molecule has 0 spiro atoms. The topological polar surface area (TPSA) is 38.3 Å². The van der Waals surface area contributed by atoms with Crippen LogP contribution in [0, 0.1) is 6.92 Å². The van der Waals surface area contributed by atoms with Gasteiger partial charge in [0.05, 0.1) is 7.11 Å².